The van der Waals surface area contributed by atoms with Gasteiger partial charge in [0.25, 0.3) is 0 Å². The molecule has 0 saturated heterocycles. The molecule has 0 aliphatic heterocycles. The summed E-state index contributed by atoms with van der Waals surface area (Å²) in [6.45, 7) is 9.19. The van der Waals surface area contributed by atoms with Gasteiger partial charge in [-0.05, 0) is 32.9 Å². The van der Waals surface area contributed by atoms with Crippen LogP contribution in [0.1, 0.15) is 44.8 Å². The third-order valence-electron chi connectivity index (χ3n) is 3.43. The number of aryl methyl sites for hydroxylation is 1. The predicted octanol–water partition coefficient (Wildman–Crippen LogP) is 3.13. The maximum atomic E-state index is 5.42. The summed E-state index contributed by atoms with van der Waals surface area (Å²) in [7, 11) is 0. The standard InChI is InChI=1S/C14H21N3O2/c1-5-11(9(3)15-6-2)14-16-13(17-19-14)12-7-8-18-10(12)4/h7-9,11,15H,5-6H2,1-4H3. The summed E-state index contributed by atoms with van der Waals surface area (Å²) >= 11 is 0. The molecule has 0 fully saturated rings. The predicted molar refractivity (Wildman–Crippen MR) is 72.9 cm³/mol. The van der Waals surface area contributed by atoms with Crippen molar-refractivity contribution in [1.82, 2.24) is 15.5 Å². The van der Waals surface area contributed by atoms with Crippen LogP contribution < -0.4 is 5.32 Å². The Morgan fingerprint density at radius 1 is 1.37 bits per heavy atom. The van der Waals surface area contributed by atoms with Gasteiger partial charge in [0, 0.05) is 6.04 Å². The summed E-state index contributed by atoms with van der Waals surface area (Å²) in [4.78, 5) is 4.51. The Hall–Kier alpha value is -1.62. The molecular formula is C14H21N3O2. The molecule has 0 aliphatic carbocycles. The highest BCUT2D eigenvalue weighted by Gasteiger charge is 2.24. The summed E-state index contributed by atoms with van der Waals surface area (Å²) in [5.41, 5.74) is 0.890. The van der Waals surface area contributed by atoms with Crippen LogP contribution in [0.4, 0.5) is 0 Å². The number of nitrogens with one attached hydrogen (secondary N) is 1. The first-order chi connectivity index (χ1) is 9.17. The monoisotopic (exact) mass is 263 g/mol. The molecule has 2 rings (SSSR count). The van der Waals surface area contributed by atoms with E-state index in [0.29, 0.717) is 17.8 Å². The third-order valence-corrected chi connectivity index (χ3v) is 3.43. The van der Waals surface area contributed by atoms with Gasteiger partial charge in [0.1, 0.15) is 5.76 Å². The summed E-state index contributed by atoms with van der Waals surface area (Å²) in [6, 6.07) is 2.17. The second kappa shape index (κ2) is 6.02. The molecule has 2 heterocycles. The fraction of sp³-hybridized carbons (Fsp3) is 0.571. The Bertz CT molecular complexity index is 518. The smallest absolute Gasteiger partial charge is 0.231 e. The van der Waals surface area contributed by atoms with Gasteiger partial charge in [-0.3, -0.25) is 0 Å². The van der Waals surface area contributed by atoms with Gasteiger partial charge in [-0.2, -0.15) is 4.98 Å². The molecule has 0 saturated carbocycles. The van der Waals surface area contributed by atoms with E-state index in [2.05, 4.69) is 36.2 Å². The minimum atomic E-state index is 0.230. The average molecular weight is 263 g/mol. The Balaban J connectivity index is 2.22. The number of aromatic nitrogens is 2. The van der Waals surface area contributed by atoms with Crippen molar-refractivity contribution in [2.45, 2.75) is 46.1 Å². The van der Waals surface area contributed by atoms with Gasteiger partial charge in [0.15, 0.2) is 0 Å². The average Bonchev–Trinajstić information content (AvgIpc) is 2.99. The molecule has 2 aromatic heterocycles. The van der Waals surface area contributed by atoms with Gasteiger partial charge >= 0.3 is 0 Å². The quantitative estimate of drug-likeness (QED) is 0.867. The van der Waals surface area contributed by atoms with E-state index in [9.17, 15) is 0 Å². The zero-order chi connectivity index (χ0) is 13.8. The van der Waals surface area contributed by atoms with Crippen LogP contribution in [0.25, 0.3) is 11.4 Å². The minimum Gasteiger partial charge on any atom is -0.469 e. The van der Waals surface area contributed by atoms with Crippen LogP contribution in [0.2, 0.25) is 0 Å². The van der Waals surface area contributed by atoms with E-state index < -0.39 is 0 Å². The summed E-state index contributed by atoms with van der Waals surface area (Å²) < 4.78 is 10.7. The topological polar surface area (TPSA) is 64.1 Å². The molecule has 5 nitrogen and oxygen atoms in total. The van der Waals surface area contributed by atoms with Crippen molar-refractivity contribution < 1.29 is 8.94 Å². The number of rotatable bonds is 6. The third kappa shape index (κ3) is 2.87. The van der Waals surface area contributed by atoms with E-state index in [1.165, 1.54) is 0 Å². The highest BCUT2D eigenvalue weighted by Crippen LogP contribution is 2.26. The van der Waals surface area contributed by atoms with Gasteiger partial charge in [0.05, 0.1) is 17.7 Å². The van der Waals surface area contributed by atoms with Crippen molar-refractivity contribution in [1.29, 1.82) is 0 Å². The Kier molecular flexibility index (Phi) is 4.37. The molecule has 0 bridgehead atoms. The molecule has 104 valence electrons. The molecule has 1 N–H and O–H groups in total. The van der Waals surface area contributed by atoms with Crippen LogP contribution >= 0.6 is 0 Å². The molecule has 5 heteroatoms. The van der Waals surface area contributed by atoms with Crippen molar-refractivity contribution in [3.8, 4) is 11.4 Å². The SMILES string of the molecule is CCNC(C)C(CC)c1nc(-c2ccoc2C)no1. The van der Waals surface area contributed by atoms with E-state index in [-0.39, 0.29) is 5.92 Å². The van der Waals surface area contributed by atoms with Gasteiger partial charge in [-0.1, -0.05) is 19.0 Å². The van der Waals surface area contributed by atoms with Crippen molar-refractivity contribution >= 4 is 0 Å². The van der Waals surface area contributed by atoms with Crippen LogP contribution in [0, 0.1) is 6.92 Å². The van der Waals surface area contributed by atoms with Crippen LogP contribution in [0.15, 0.2) is 21.3 Å². The minimum absolute atomic E-state index is 0.230. The molecule has 0 radical (unpaired) electrons. The van der Waals surface area contributed by atoms with E-state index >= 15 is 0 Å². The second-order valence-electron chi connectivity index (χ2n) is 4.71. The second-order valence-corrected chi connectivity index (χ2v) is 4.71. The lowest BCUT2D eigenvalue weighted by atomic mass is 9.98. The van der Waals surface area contributed by atoms with Crippen LogP contribution in [0.3, 0.4) is 0 Å². The molecule has 0 spiro atoms. The molecule has 0 amide bonds. The maximum absolute atomic E-state index is 5.42. The first-order valence-corrected chi connectivity index (χ1v) is 6.78. The van der Waals surface area contributed by atoms with Crippen LogP contribution in [-0.2, 0) is 0 Å². The Morgan fingerprint density at radius 2 is 2.16 bits per heavy atom. The Labute approximate surface area is 113 Å². The molecule has 19 heavy (non-hydrogen) atoms. The molecule has 2 unspecified atom stereocenters. The normalized spacial score (nSPS) is 14.5. The van der Waals surface area contributed by atoms with E-state index in [1.54, 1.807) is 6.26 Å². The first kappa shape index (κ1) is 13.8. The van der Waals surface area contributed by atoms with Crippen molar-refractivity contribution in [3.63, 3.8) is 0 Å². The Morgan fingerprint density at radius 3 is 2.74 bits per heavy atom. The number of nitrogens with zero attached hydrogens (tertiary/aromatic N) is 2. The zero-order valence-electron chi connectivity index (χ0n) is 11.9. The summed E-state index contributed by atoms with van der Waals surface area (Å²) in [5, 5.41) is 7.46. The molecular weight excluding hydrogens is 242 g/mol. The molecule has 2 atom stereocenters. The lowest BCUT2D eigenvalue weighted by molar-refractivity contribution is 0.318. The summed E-state index contributed by atoms with van der Waals surface area (Å²) in [6.07, 6.45) is 2.60. The maximum Gasteiger partial charge on any atom is 0.231 e. The lowest BCUT2D eigenvalue weighted by Crippen LogP contribution is -2.31. The van der Waals surface area contributed by atoms with E-state index in [0.717, 1.165) is 24.3 Å². The van der Waals surface area contributed by atoms with Crippen molar-refractivity contribution in [2.24, 2.45) is 0 Å². The van der Waals surface area contributed by atoms with Gasteiger partial charge in [-0.15, -0.1) is 0 Å². The number of hydrogen-bond acceptors (Lipinski definition) is 5. The van der Waals surface area contributed by atoms with Crippen LogP contribution in [0.5, 0.6) is 0 Å². The molecule has 0 aliphatic rings. The van der Waals surface area contributed by atoms with E-state index in [4.69, 9.17) is 8.94 Å². The van der Waals surface area contributed by atoms with Gasteiger partial charge < -0.3 is 14.3 Å². The van der Waals surface area contributed by atoms with Crippen molar-refractivity contribution in [3.05, 3.63) is 24.0 Å². The fourth-order valence-electron chi connectivity index (χ4n) is 2.32. The van der Waals surface area contributed by atoms with E-state index in [1.807, 2.05) is 13.0 Å². The summed E-state index contributed by atoms with van der Waals surface area (Å²) in [5.74, 6) is 2.32. The largest absolute Gasteiger partial charge is 0.469 e. The number of furan rings is 1. The van der Waals surface area contributed by atoms with Gasteiger partial charge in [-0.25, -0.2) is 0 Å². The number of likely N-dealkylation sites (N-methyl/N-ethyl adjacent to an activating group) is 1. The lowest BCUT2D eigenvalue weighted by Gasteiger charge is -2.19. The zero-order valence-corrected chi connectivity index (χ0v) is 11.9. The highest BCUT2D eigenvalue weighted by atomic mass is 16.5. The van der Waals surface area contributed by atoms with Crippen LogP contribution in [-0.4, -0.2) is 22.7 Å². The molecule has 2 aromatic rings. The van der Waals surface area contributed by atoms with Crippen molar-refractivity contribution in [2.75, 3.05) is 6.54 Å². The fourth-order valence-corrected chi connectivity index (χ4v) is 2.32. The molecule has 0 aromatic carbocycles. The number of hydrogen-bond donors (Lipinski definition) is 1. The first-order valence-electron chi connectivity index (χ1n) is 6.78. The highest BCUT2D eigenvalue weighted by molar-refractivity contribution is 5.56. The van der Waals surface area contributed by atoms with Gasteiger partial charge in [0.2, 0.25) is 11.7 Å².